The number of unbranched alkanes of at least 4 members (excludes halogenated alkanes) is 1. The Morgan fingerprint density at radius 3 is 2.39 bits per heavy atom. The SMILES string of the molecule is CCCCN(CCO)Cc1cc(C)c(C)cc1O. The molecular weight excluding hydrogens is 226 g/mol. The van der Waals surface area contributed by atoms with E-state index < -0.39 is 0 Å². The van der Waals surface area contributed by atoms with E-state index in [1.807, 2.05) is 19.1 Å². The summed E-state index contributed by atoms with van der Waals surface area (Å²) in [5.74, 6) is 0.359. The van der Waals surface area contributed by atoms with Crippen molar-refractivity contribution in [2.24, 2.45) is 0 Å². The molecule has 0 aliphatic rings. The second-order valence-corrected chi connectivity index (χ2v) is 4.92. The van der Waals surface area contributed by atoms with Crippen molar-refractivity contribution < 1.29 is 10.2 Å². The third kappa shape index (κ3) is 4.31. The molecule has 0 saturated carbocycles. The van der Waals surface area contributed by atoms with Gasteiger partial charge in [0.05, 0.1) is 6.61 Å². The van der Waals surface area contributed by atoms with Gasteiger partial charge < -0.3 is 10.2 Å². The zero-order valence-electron chi connectivity index (χ0n) is 11.7. The molecule has 0 bridgehead atoms. The number of rotatable bonds is 7. The number of benzene rings is 1. The van der Waals surface area contributed by atoms with Crippen LogP contribution in [0.1, 0.15) is 36.5 Å². The molecular formula is C15H25NO2. The van der Waals surface area contributed by atoms with Crippen LogP contribution < -0.4 is 0 Å². The first-order valence-corrected chi connectivity index (χ1v) is 6.70. The van der Waals surface area contributed by atoms with Gasteiger partial charge in [-0.25, -0.2) is 0 Å². The fourth-order valence-electron chi connectivity index (χ4n) is 2.02. The Kier molecular flexibility index (Phi) is 6.16. The van der Waals surface area contributed by atoms with Crippen molar-refractivity contribution in [3.63, 3.8) is 0 Å². The number of hydrogen-bond acceptors (Lipinski definition) is 3. The van der Waals surface area contributed by atoms with Crippen LogP contribution in [0.15, 0.2) is 12.1 Å². The third-order valence-electron chi connectivity index (χ3n) is 3.33. The van der Waals surface area contributed by atoms with Gasteiger partial charge in [0.25, 0.3) is 0 Å². The van der Waals surface area contributed by atoms with Crippen LogP contribution in [0.25, 0.3) is 0 Å². The summed E-state index contributed by atoms with van der Waals surface area (Å²) in [6.45, 7) is 8.70. The molecule has 2 N–H and O–H groups in total. The third-order valence-corrected chi connectivity index (χ3v) is 3.33. The lowest BCUT2D eigenvalue weighted by Crippen LogP contribution is -2.27. The van der Waals surface area contributed by atoms with E-state index in [4.69, 9.17) is 5.11 Å². The summed E-state index contributed by atoms with van der Waals surface area (Å²) in [5.41, 5.74) is 3.25. The standard InChI is InChI=1S/C15H25NO2/c1-4-5-6-16(7-8-17)11-14-9-12(2)13(3)10-15(14)18/h9-10,17-18H,4-8,11H2,1-3H3. The topological polar surface area (TPSA) is 43.7 Å². The van der Waals surface area contributed by atoms with Crippen molar-refractivity contribution in [3.05, 3.63) is 28.8 Å². The summed E-state index contributed by atoms with van der Waals surface area (Å²) >= 11 is 0. The first-order chi connectivity index (χ1) is 8.58. The molecule has 18 heavy (non-hydrogen) atoms. The highest BCUT2D eigenvalue weighted by molar-refractivity contribution is 5.40. The molecule has 0 aromatic heterocycles. The molecule has 1 aromatic rings. The Bertz CT molecular complexity index is 377. The van der Waals surface area contributed by atoms with E-state index in [0.717, 1.165) is 30.5 Å². The molecule has 0 unspecified atom stereocenters. The fourth-order valence-corrected chi connectivity index (χ4v) is 2.02. The molecule has 1 aromatic carbocycles. The number of aromatic hydroxyl groups is 1. The van der Waals surface area contributed by atoms with E-state index in [1.54, 1.807) is 0 Å². The highest BCUT2D eigenvalue weighted by Crippen LogP contribution is 2.23. The summed E-state index contributed by atoms with van der Waals surface area (Å²) in [4.78, 5) is 2.19. The predicted molar refractivity (Wildman–Crippen MR) is 74.9 cm³/mol. The van der Waals surface area contributed by atoms with Crippen molar-refractivity contribution in [1.29, 1.82) is 0 Å². The molecule has 0 aliphatic heterocycles. The van der Waals surface area contributed by atoms with Gasteiger partial charge in [0, 0.05) is 18.7 Å². The van der Waals surface area contributed by atoms with Gasteiger partial charge in [0.2, 0.25) is 0 Å². The largest absolute Gasteiger partial charge is 0.508 e. The van der Waals surface area contributed by atoms with E-state index in [0.29, 0.717) is 18.8 Å². The number of aryl methyl sites for hydroxylation is 2. The molecule has 0 atom stereocenters. The number of phenolic OH excluding ortho intramolecular Hbond substituents is 1. The maximum Gasteiger partial charge on any atom is 0.120 e. The van der Waals surface area contributed by atoms with Crippen molar-refractivity contribution in [2.75, 3.05) is 19.7 Å². The van der Waals surface area contributed by atoms with Crippen LogP contribution in [-0.2, 0) is 6.54 Å². The van der Waals surface area contributed by atoms with Crippen LogP contribution in [0.2, 0.25) is 0 Å². The van der Waals surface area contributed by atoms with Gasteiger partial charge in [-0.15, -0.1) is 0 Å². The lowest BCUT2D eigenvalue weighted by molar-refractivity contribution is 0.187. The van der Waals surface area contributed by atoms with Gasteiger partial charge in [-0.3, -0.25) is 4.90 Å². The number of nitrogens with zero attached hydrogens (tertiary/aromatic N) is 1. The summed E-state index contributed by atoms with van der Waals surface area (Å²) in [6.07, 6.45) is 2.26. The molecule has 0 fully saturated rings. The summed E-state index contributed by atoms with van der Waals surface area (Å²) in [5, 5.41) is 19.0. The highest BCUT2D eigenvalue weighted by atomic mass is 16.3. The Labute approximate surface area is 110 Å². The smallest absolute Gasteiger partial charge is 0.120 e. The number of hydrogen-bond donors (Lipinski definition) is 2. The quantitative estimate of drug-likeness (QED) is 0.783. The average molecular weight is 251 g/mol. The lowest BCUT2D eigenvalue weighted by Gasteiger charge is -2.22. The van der Waals surface area contributed by atoms with Gasteiger partial charge in [-0.05, 0) is 44.0 Å². The monoisotopic (exact) mass is 251 g/mol. The van der Waals surface area contributed by atoms with Crippen molar-refractivity contribution in [3.8, 4) is 5.75 Å². The van der Waals surface area contributed by atoms with E-state index >= 15 is 0 Å². The number of aliphatic hydroxyl groups excluding tert-OH is 1. The second-order valence-electron chi connectivity index (χ2n) is 4.92. The highest BCUT2D eigenvalue weighted by Gasteiger charge is 2.09. The van der Waals surface area contributed by atoms with Gasteiger partial charge in [0.15, 0.2) is 0 Å². The molecule has 1 rings (SSSR count). The fraction of sp³-hybridized carbons (Fsp3) is 0.600. The molecule has 0 heterocycles. The Morgan fingerprint density at radius 2 is 1.78 bits per heavy atom. The lowest BCUT2D eigenvalue weighted by atomic mass is 10.0. The van der Waals surface area contributed by atoms with Crippen LogP contribution in [0.3, 0.4) is 0 Å². The van der Waals surface area contributed by atoms with Crippen LogP contribution in [0.4, 0.5) is 0 Å². The minimum absolute atomic E-state index is 0.162. The van der Waals surface area contributed by atoms with Gasteiger partial charge in [-0.1, -0.05) is 19.4 Å². The van der Waals surface area contributed by atoms with Crippen molar-refractivity contribution >= 4 is 0 Å². The van der Waals surface area contributed by atoms with Crippen LogP contribution in [0.5, 0.6) is 5.75 Å². The Morgan fingerprint density at radius 1 is 1.11 bits per heavy atom. The Hall–Kier alpha value is -1.06. The predicted octanol–water partition coefficient (Wildman–Crippen LogP) is 2.60. The molecule has 102 valence electrons. The zero-order valence-corrected chi connectivity index (χ0v) is 11.7. The number of aliphatic hydroxyl groups is 1. The summed E-state index contributed by atoms with van der Waals surface area (Å²) in [6, 6.07) is 3.86. The van der Waals surface area contributed by atoms with Gasteiger partial charge >= 0.3 is 0 Å². The van der Waals surface area contributed by atoms with Gasteiger partial charge in [-0.2, -0.15) is 0 Å². The van der Waals surface area contributed by atoms with Gasteiger partial charge in [0.1, 0.15) is 5.75 Å². The molecule has 0 radical (unpaired) electrons. The molecule has 0 spiro atoms. The first-order valence-electron chi connectivity index (χ1n) is 6.70. The van der Waals surface area contributed by atoms with Crippen molar-refractivity contribution in [2.45, 2.75) is 40.2 Å². The molecule has 0 aliphatic carbocycles. The normalized spacial score (nSPS) is 11.2. The second kappa shape index (κ2) is 7.39. The molecule has 0 saturated heterocycles. The summed E-state index contributed by atoms with van der Waals surface area (Å²) < 4.78 is 0. The van der Waals surface area contributed by atoms with Crippen LogP contribution in [0, 0.1) is 13.8 Å². The first kappa shape index (κ1) is 15.0. The maximum absolute atomic E-state index is 9.97. The maximum atomic E-state index is 9.97. The van der Waals surface area contributed by atoms with Crippen molar-refractivity contribution in [1.82, 2.24) is 4.90 Å². The van der Waals surface area contributed by atoms with E-state index in [-0.39, 0.29) is 6.61 Å². The van der Waals surface area contributed by atoms with Crippen LogP contribution >= 0.6 is 0 Å². The number of phenols is 1. The van der Waals surface area contributed by atoms with Crippen LogP contribution in [-0.4, -0.2) is 34.8 Å². The molecule has 3 heteroatoms. The minimum atomic E-state index is 0.162. The molecule has 3 nitrogen and oxygen atoms in total. The average Bonchev–Trinajstić information content (AvgIpc) is 2.33. The van der Waals surface area contributed by atoms with E-state index in [1.165, 1.54) is 5.56 Å². The molecule has 0 amide bonds. The zero-order chi connectivity index (χ0) is 13.5. The van der Waals surface area contributed by atoms with E-state index in [2.05, 4.69) is 18.7 Å². The van der Waals surface area contributed by atoms with E-state index in [9.17, 15) is 5.11 Å². The Balaban J connectivity index is 2.76. The summed E-state index contributed by atoms with van der Waals surface area (Å²) in [7, 11) is 0. The minimum Gasteiger partial charge on any atom is -0.508 e.